The average Bonchev–Trinajstić information content (AvgIpc) is 3.03. The lowest BCUT2D eigenvalue weighted by molar-refractivity contribution is 0.516. The predicted molar refractivity (Wildman–Crippen MR) is 91.5 cm³/mol. The predicted octanol–water partition coefficient (Wildman–Crippen LogP) is 2.88. The number of rotatable bonds is 4. The molecule has 0 aliphatic carbocycles. The number of anilines is 1. The zero-order valence-corrected chi connectivity index (χ0v) is 13.5. The van der Waals surface area contributed by atoms with Crippen LogP contribution in [-0.4, -0.2) is 29.5 Å². The van der Waals surface area contributed by atoms with Crippen molar-refractivity contribution >= 4 is 22.6 Å². The number of fused-ring (bicyclic) bond motifs is 2. The summed E-state index contributed by atoms with van der Waals surface area (Å²) in [7, 11) is 0. The van der Waals surface area contributed by atoms with E-state index in [1.165, 1.54) is 0 Å². The topological polar surface area (TPSA) is 80.9 Å². The number of aromatic nitrogens is 6. The summed E-state index contributed by atoms with van der Waals surface area (Å²) in [6, 6.07) is 9.67. The molecule has 1 N–H and O–H groups in total. The van der Waals surface area contributed by atoms with Crippen molar-refractivity contribution in [3.05, 3.63) is 54.7 Å². The first-order chi connectivity index (χ1) is 11.7. The van der Waals surface area contributed by atoms with Gasteiger partial charge in [0.25, 0.3) is 0 Å². The van der Waals surface area contributed by atoms with Crippen molar-refractivity contribution in [2.45, 2.75) is 19.9 Å². The lowest BCUT2D eigenvalue weighted by Crippen LogP contribution is -2.20. The van der Waals surface area contributed by atoms with E-state index in [0.29, 0.717) is 11.6 Å². The normalized spacial score (nSPS) is 12.8. The number of hydrogen-bond donors (Lipinski definition) is 1. The van der Waals surface area contributed by atoms with Gasteiger partial charge in [-0.15, -0.1) is 10.2 Å². The molecule has 0 aromatic carbocycles. The maximum atomic E-state index is 4.55. The second-order valence-electron chi connectivity index (χ2n) is 5.95. The summed E-state index contributed by atoms with van der Waals surface area (Å²) in [5.41, 5.74) is 2.23. The van der Waals surface area contributed by atoms with Crippen LogP contribution in [-0.2, 0) is 0 Å². The first kappa shape index (κ1) is 14.5. The van der Waals surface area contributed by atoms with E-state index in [0.717, 1.165) is 22.8 Å². The Morgan fingerprint density at radius 3 is 2.75 bits per heavy atom. The van der Waals surface area contributed by atoms with Gasteiger partial charge in [-0.2, -0.15) is 0 Å². The highest BCUT2D eigenvalue weighted by Gasteiger charge is 2.22. The molecule has 0 saturated carbocycles. The van der Waals surface area contributed by atoms with E-state index in [-0.39, 0.29) is 6.04 Å². The largest absolute Gasteiger partial charge is 0.360 e. The van der Waals surface area contributed by atoms with E-state index in [1.54, 1.807) is 12.4 Å². The SMILES string of the molecule is CC(C)[C@H](Nc1ccc2nccnc2n1)c1nnc2ccccn12. The maximum Gasteiger partial charge on any atom is 0.180 e. The highest BCUT2D eigenvalue weighted by Crippen LogP contribution is 2.25. The van der Waals surface area contributed by atoms with Gasteiger partial charge in [0, 0.05) is 18.6 Å². The fourth-order valence-corrected chi connectivity index (χ4v) is 2.70. The molecule has 1 atom stereocenters. The van der Waals surface area contributed by atoms with Crippen LogP contribution in [0.15, 0.2) is 48.9 Å². The number of pyridine rings is 2. The Morgan fingerprint density at radius 2 is 1.88 bits per heavy atom. The summed E-state index contributed by atoms with van der Waals surface area (Å²) in [5, 5.41) is 12.1. The summed E-state index contributed by atoms with van der Waals surface area (Å²) in [4.78, 5) is 13.1. The maximum absolute atomic E-state index is 4.55. The standard InChI is InChI=1S/C17H17N7/c1-11(2)15(17-23-22-14-5-3-4-10-24(14)17)20-13-7-6-12-16(21-13)19-9-8-18-12/h3-11,15H,1-2H3,(H,19,20,21)/t15-/m0/s1. The molecule has 0 aliphatic rings. The van der Waals surface area contributed by atoms with Gasteiger partial charge in [0.05, 0.1) is 6.04 Å². The van der Waals surface area contributed by atoms with Gasteiger partial charge in [0.1, 0.15) is 11.3 Å². The molecule has 7 nitrogen and oxygen atoms in total. The molecule has 0 bridgehead atoms. The molecule has 24 heavy (non-hydrogen) atoms. The average molecular weight is 319 g/mol. The van der Waals surface area contributed by atoms with E-state index in [1.807, 2.05) is 40.9 Å². The van der Waals surface area contributed by atoms with Gasteiger partial charge in [-0.1, -0.05) is 19.9 Å². The molecule has 0 fully saturated rings. The van der Waals surface area contributed by atoms with Gasteiger partial charge >= 0.3 is 0 Å². The van der Waals surface area contributed by atoms with Crippen LogP contribution in [0.2, 0.25) is 0 Å². The van der Waals surface area contributed by atoms with Gasteiger partial charge in [-0.3, -0.25) is 9.38 Å². The molecule has 0 spiro atoms. The van der Waals surface area contributed by atoms with E-state index >= 15 is 0 Å². The lowest BCUT2D eigenvalue weighted by Gasteiger charge is -2.21. The van der Waals surface area contributed by atoms with E-state index in [9.17, 15) is 0 Å². The molecular formula is C17H17N7. The fraction of sp³-hybridized carbons (Fsp3) is 0.235. The van der Waals surface area contributed by atoms with Crippen LogP contribution in [0.1, 0.15) is 25.7 Å². The van der Waals surface area contributed by atoms with Crippen LogP contribution in [0, 0.1) is 5.92 Å². The molecule has 0 radical (unpaired) electrons. The number of hydrogen-bond acceptors (Lipinski definition) is 6. The second kappa shape index (κ2) is 5.84. The Hall–Kier alpha value is -3.09. The fourth-order valence-electron chi connectivity index (χ4n) is 2.70. The van der Waals surface area contributed by atoms with Crippen molar-refractivity contribution in [1.29, 1.82) is 0 Å². The highest BCUT2D eigenvalue weighted by atomic mass is 15.3. The van der Waals surface area contributed by atoms with Crippen molar-refractivity contribution in [2.75, 3.05) is 5.32 Å². The minimum atomic E-state index is -0.0241. The quantitative estimate of drug-likeness (QED) is 0.623. The van der Waals surface area contributed by atoms with E-state index < -0.39 is 0 Å². The Morgan fingerprint density at radius 1 is 1.00 bits per heavy atom. The van der Waals surface area contributed by atoms with Crippen LogP contribution in [0.25, 0.3) is 16.8 Å². The zero-order valence-electron chi connectivity index (χ0n) is 13.5. The number of nitrogens with zero attached hydrogens (tertiary/aromatic N) is 6. The first-order valence-electron chi connectivity index (χ1n) is 7.86. The first-order valence-corrected chi connectivity index (χ1v) is 7.86. The van der Waals surface area contributed by atoms with Crippen LogP contribution < -0.4 is 5.32 Å². The monoisotopic (exact) mass is 319 g/mol. The molecule has 7 heteroatoms. The van der Waals surface area contributed by atoms with Crippen LogP contribution in [0.5, 0.6) is 0 Å². The summed E-state index contributed by atoms with van der Waals surface area (Å²) in [5.74, 6) is 1.91. The van der Waals surface area contributed by atoms with Crippen molar-refractivity contribution in [3.63, 3.8) is 0 Å². The molecule has 4 aromatic rings. The van der Waals surface area contributed by atoms with Gasteiger partial charge < -0.3 is 5.32 Å². The minimum Gasteiger partial charge on any atom is -0.360 e. The number of nitrogens with one attached hydrogen (secondary N) is 1. The zero-order chi connectivity index (χ0) is 16.5. The molecular weight excluding hydrogens is 302 g/mol. The van der Waals surface area contributed by atoms with Crippen molar-refractivity contribution < 1.29 is 0 Å². The van der Waals surface area contributed by atoms with Crippen LogP contribution in [0.4, 0.5) is 5.82 Å². The lowest BCUT2D eigenvalue weighted by atomic mass is 10.0. The Labute approximate surface area is 138 Å². The Bertz CT molecular complexity index is 992. The Kier molecular flexibility index (Phi) is 3.53. The van der Waals surface area contributed by atoms with Gasteiger partial charge in [0.15, 0.2) is 17.1 Å². The van der Waals surface area contributed by atoms with Crippen molar-refractivity contribution in [1.82, 2.24) is 29.5 Å². The van der Waals surface area contributed by atoms with E-state index in [2.05, 4.69) is 44.3 Å². The molecule has 0 amide bonds. The molecule has 120 valence electrons. The highest BCUT2D eigenvalue weighted by molar-refractivity contribution is 5.71. The van der Waals surface area contributed by atoms with Gasteiger partial charge in [0.2, 0.25) is 0 Å². The smallest absolute Gasteiger partial charge is 0.180 e. The molecule has 4 heterocycles. The summed E-state index contributed by atoms with van der Waals surface area (Å²) in [6.45, 7) is 4.28. The third kappa shape index (κ3) is 2.54. The third-order valence-electron chi connectivity index (χ3n) is 3.92. The van der Waals surface area contributed by atoms with E-state index in [4.69, 9.17) is 0 Å². The molecule has 4 aromatic heterocycles. The minimum absolute atomic E-state index is 0.0241. The second-order valence-corrected chi connectivity index (χ2v) is 5.95. The summed E-state index contributed by atoms with van der Waals surface area (Å²) >= 11 is 0. The van der Waals surface area contributed by atoms with Gasteiger partial charge in [-0.25, -0.2) is 9.97 Å². The van der Waals surface area contributed by atoms with Crippen molar-refractivity contribution in [3.8, 4) is 0 Å². The molecule has 0 saturated heterocycles. The van der Waals surface area contributed by atoms with Crippen LogP contribution >= 0.6 is 0 Å². The van der Waals surface area contributed by atoms with Crippen molar-refractivity contribution in [2.24, 2.45) is 5.92 Å². The summed E-state index contributed by atoms with van der Waals surface area (Å²) in [6.07, 6.45) is 5.28. The third-order valence-corrected chi connectivity index (χ3v) is 3.92. The molecule has 0 unspecified atom stereocenters. The van der Waals surface area contributed by atoms with Gasteiger partial charge in [-0.05, 0) is 30.2 Å². The summed E-state index contributed by atoms with van der Waals surface area (Å²) < 4.78 is 2.00. The molecule has 4 rings (SSSR count). The molecule has 0 aliphatic heterocycles. The Balaban J connectivity index is 1.73. The van der Waals surface area contributed by atoms with Crippen LogP contribution in [0.3, 0.4) is 0 Å².